The minimum Gasteiger partial charge on any atom is -0.293 e. The maximum Gasteiger partial charge on any atom is 0.179 e. The summed E-state index contributed by atoms with van der Waals surface area (Å²) in [6.07, 6.45) is 3.81. The first kappa shape index (κ1) is 9.45. The third kappa shape index (κ3) is 1.74. The van der Waals surface area contributed by atoms with E-state index in [1.54, 1.807) is 0 Å². The van der Waals surface area contributed by atoms with E-state index in [2.05, 4.69) is 15.3 Å². The Balaban J connectivity index is 2.54. The molecular weight excluding hydrogens is 199 g/mol. The molecule has 2 heterocycles. The van der Waals surface area contributed by atoms with Crippen molar-refractivity contribution in [2.75, 3.05) is 0 Å². The molecule has 2 aromatic heterocycles. The van der Waals surface area contributed by atoms with Crippen molar-refractivity contribution in [3.8, 4) is 5.69 Å². The Hall–Kier alpha value is -2.11. The molecule has 0 aromatic carbocycles. The summed E-state index contributed by atoms with van der Waals surface area (Å²) in [4.78, 5) is 14.8. The lowest BCUT2D eigenvalue weighted by atomic mass is 10.3. The molecule has 6 heteroatoms. The molecule has 0 spiro atoms. The van der Waals surface area contributed by atoms with Crippen LogP contribution in [-0.2, 0) is 0 Å². The number of hydrogen-bond donors (Lipinski definition) is 0. The molecule has 0 unspecified atom stereocenters. The number of ketones is 1. The molecule has 0 aliphatic carbocycles. The highest BCUT2D eigenvalue weighted by Gasteiger charge is 2.10. The van der Waals surface area contributed by atoms with Crippen LogP contribution in [0.4, 0.5) is 4.39 Å². The van der Waals surface area contributed by atoms with Crippen LogP contribution < -0.4 is 0 Å². The maximum absolute atomic E-state index is 12.9. The van der Waals surface area contributed by atoms with Crippen LogP contribution in [0.2, 0.25) is 0 Å². The minimum atomic E-state index is -0.488. The van der Waals surface area contributed by atoms with E-state index in [0.29, 0.717) is 11.4 Å². The summed E-state index contributed by atoms with van der Waals surface area (Å²) in [5, 5.41) is 7.28. The molecule has 0 bridgehead atoms. The van der Waals surface area contributed by atoms with E-state index >= 15 is 0 Å². The molecule has 0 N–H and O–H groups in total. The quantitative estimate of drug-likeness (QED) is 0.688. The van der Waals surface area contributed by atoms with Crippen molar-refractivity contribution in [1.82, 2.24) is 20.0 Å². The molecule has 5 nitrogen and oxygen atoms in total. The van der Waals surface area contributed by atoms with Crippen LogP contribution in [0.5, 0.6) is 0 Å². The fourth-order valence-corrected chi connectivity index (χ4v) is 1.18. The summed E-state index contributed by atoms with van der Waals surface area (Å²) in [7, 11) is 0. The first-order valence-corrected chi connectivity index (χ1v) is 4.21. The van der Waals surface area contributed by atoms with Gasteiger partial charge in [-0.2, -0.15) is 0 Å². The topological polar surface area (TPSA) is 60.7 Å². The van der Waals surface area contributed by atoms with Gasteiger partial charge in [-0.3, -0.25) is 9.78 Å². The zero-order valence-corrected chi connectivity index (χ0v) is 7.88. The van der Waals surface area contributed by atoms with Crippen LogP contribution in [-0.4, -0.2) is 25.8 Å². The Morgan fingerprint density at radius 3 is 2.87 bits per heavy atom. The average molecular weight is 206 g/mol. The molecule has 76 valence electrons. The van der Waals surface area contributed by atoms with E-state index in [0.717, 1.165) is 6.20 Å². The lowest BCUT2D eigenvalue weighted by Gasteiger charge is -2.02. The van der Waals surface area contributed by atoms with Gasteiger partial charge in [0.05, 0.1) is 24.3 Å². The summed E-state index contributed by atoms with van der Waals surface area (Å²) in [6, 6.07) is 1.23. The van der Waals surface area contributed by atoms with Gasteiger partial charge in [0.25, 0.3) is 0 Å². The predicted octanol–water partition coefficient (Wildman–Crippen LogP) is 1.00. The smallest absolute Gasteiger partial charge is 0.179 e. The van der Waals surface area contributed by atoms with E-state index in [1.165, 1.54) is 30.1 Å². The molecule has 2 aromatic rings. The molecule has 0 saturated heterocycles. The average Bonchev–Trinajstić information content (AvgIpc) is 2.65. The molecule has 0 amide bonds. The zero-order chi connectivity index (χ0) is 10.8. The van der Waals surface area contributed by atoms with Gasteiger partial charge in [0.15, 0.2) is 5.78 Å². The Labute approximate surface area is 84.6 Å². The van der Waals surface area contributed by atoms with Crippen molar-refractivity contribution in [3.63, 3.8) is 0 Å². The number of Topliss-reactive ketones (excluding diaryl/α,β-unsaturated/α-hetero) is 1. The number of rotatable bonds is 2. The number of hydrogen-bond acceptors (Lipinski definition) is 4. The standard InChI is InChI=1S/C9H7FN4O/c1-6(15)9-5-12-13-14(9)8-2-7(10)3-11-4-8/h2-5H,1H3. The Bertz CT molecular complexity index is 508. The van der Waals surface area contributed by atoms with Crippen molar-refractivity contribution in [2.24, 2.45) is 0 Å². The van der Waals surface area contributed by atoms with Crippen LogP contribution in [0.3, 0.4) is 0 Å². The fourth-order valence-electron chi connectivity index (χ4n) is 1.18. The molecule has 0 fully saturated rings. The highest BCUT2D eigenvalue weighted by molar-refractivity contribution is 5.92. The highest BCUT2D eigenvalue weighted by atomic mass is 19.1. The van der Waals surface area contributed by atoms with Gasteiger partial charge in [0.2, 0.25) is 0 Å². The van der Waals surface area contributed by atoms with Crippen molar-refractivity contribution in [2.45, 2.75) is 6.92 Å². The lowest BCUT2D eigenvalue weighted by molar-refractivity contribution is 0.101. The molecule has 0 atom stereocenters. The minimum absolute atomic E-state index is 0.190. The molecule has 0 aliphatic rings. The Kier molecular flexibility index (Phi) is 2.24. The van der Waals surface area contributed by atoms with Crippen LogP contribution in [0, 0.1) is 5.82 Å². The van der Waals surface area contributed by atoms with Crippen LogP contribution in [0.25, 0.3) is 5.69 Å². The zero-order valence-electron chi connectivity index (χ0n) is 7.88. The fraction of sp³-hybridized carbons (Fsp3) is 0.111. The van der Waals surface area contributed by atoms with Crippen molar-refractivity contribution in [1.29, 1.82) is 0 Å². The second-order valence-corrected chi connectivity index (χ2v) is 2.95. The van der Waals surface area contributed by atoms with Gasteiger partial charge in [-0.05, 0) is 0 Å². The number of carbonyl (C=O) groups excluding carboxylic acids is 1. The van der Waals surface area contributed by atoms with E-state index < -0.39 is 5.82 Å². The second-order valence-electron chi connectivity index (χ2n) is 2.95. The summed E-state index contributed by atoms with van der Waals surface area (Å²) in [6.45, 7) is 1.39. The largest absolute Gasteiger partial charge is 0.293 e. The number of pyridine rings is 1. The summed E-state index contributed by atoms with van der Waals surface area (Å²) >= 11 is 0. The third-order valence-corrected chi connectivity index (χ3v) is 1.85. The van der Waals surface area contributed by atoms with E-state index in [9.17, 15) is 9.18 Å². The number of carbonyl (C=O) groups is 1. The summed E-state index contributed by atoms with van der Waals surface area (Å²) < 4.78 is 14.1. The van der Waals surface area contributed by atoms with Crippen LogP contribution in [0.1, 0.15) is 17.4 Å². The lowest BCUT2D eigenvalue weighted by Crippen LogP contribution is -2.06. The monoisotopic (exact) mass is 206 g/mol. The first-order chi connectivity index (χ1) is 7.18. The maximum atomic E-state index is 12.9. The predicted molar refractivity (Wildman–Crippen MR) is 49.1 cm³/mol. The van der Waals surface area contributed by atoms with E-state index in [-0.39, 0.29) is 5.78 Å². The van der Waals surface area contributed by atoms with Crippen LogP contribution >= 0.6 is 0 Å². The van der Waals surface area contributed by atoms with Gasteiger partial charge < -0.3 is 0 Å². The van der Waals surface area contributed by atoms with Crippen molar-refractivity contribution in [3.05, 3.63) is 36.2 Å². The normalized spacial score (nSPS) is 10.3. The van der Waals surface area contributed by atoms with E-state index in [1.807, 2.05) is 0 Å². The number of nitrogens with zero attached hydrogens (tertiary/aromatic N) is 4. The van der Waals surface area contributed by atoms with Crippen molar-refractivity contribution >= 4 is 5.78 Å². The van der Waals surface area contributed by atoms with Gasteiger partial charge >= 0.3 is 0 Å². The summed E-state index contributed by atoms with van der Waals surface area (Å²) in [5.74, 6) is -0.679. The molecular formula is C9H7FN4O. The van der Waals surface area contributed by atoms with Crippen molar-refractivity contribution < 1.29 is 9.18 Å². The van der Waals surface area contributed by atoms with Gasteiger partial charge in [-0.25, -0.2) is 9.07 Å². The Morgan fingerprint density at radius 1 is 1.40 bits per heavy atom. The first-order valence-electron chi connectivity index (χ1n) is 4.21. The van der Waals surface area contributed by atoms with Gasteiger partial charge in [0, 0.05) is 13.0 Å². The molecule has 0 aliphatic heterocycles. The third-order valence-electron chi connectivity index (χ3n) is 1.85. The van der Waals surface area contributed by atoms with Gasteiger partial charge in [0.1, 0.15) is 11.5 Å². The van der Waals surface area contributed by atoms with Crippen LogP contribution in [0.15, 0.2) is 24.7 Å². The second kappa shape index (κ2) is 3.56. The summed E-state index contributed by atoms with van der Waals surface area (Å²) in [5.41, 5.74) is 0.667. The molecule has 0 saturated carbocycles. The highest BCUT2D eigenvalue weighted by Crippen LogP contribution is 2.09. The van der Waals surface area contributed by atoms with E-state index in [4.69, 9.17) is 0 Å². The molecule has 0 radical (unpaired) electrons. The van der Waals surface area contributed by atoms with Gasteiger partial charge in [-0.15, -0.1) is 5.10 Å². The Morgan fingerprint density at radius 2 is 2.20 bits per heavy atom. The SMILES string of the molecule is CC(=O)c1cnnn1-c1cncc(F)c1. The molecule has 15 heavy (non-hydrogen) atoms. The number of aromatic nitrogens is 4. The molecule has 2 rings (SSSR count). The number of halogens is 1. The van der Waals surface area contributed by atoms with Gasteiger partial charge in [-0.1, -0.05) is 5.21 Å².